The number of hydrogen-bond acceptors (Lipinski definition) is 5. The van der Waals surface area contributed by atoms with E-state index in [1.807, 2.05) is 60.7 Å². The summed E-state index contributed by atoms with van der Waals surface area (Å²) in [6.45, 7) is 0. The topological polar surface area (TPSA) is 79.4 Å². The van der Waals surface area contributed by atoms with Crippen molar-refractivity contribution in [3.8, 4) is 21.7 Å². The molecule has 0 radical (unpaired) electrons. The molecule has 8 heteroatoms. The van der Waals surface area contributed by atoms with E-state index >= 15 is 0 Å². The molecule has 0 spiro atoms. The minimum Gasteiger partial charge on any atom is -0.298 e. The van der Waals surface area contributed by atoms with Gasteiger partial charge in [0.05, 0.1) is 15.5 Å². The zero-order valence-electron chi connectivity index (χ0n) is 20.6. The summed E-state index contributed by atoms with van der Waals surface area (Å²) in [5, 5.41) is 3.38. The molecule has 1 aromatic heterocycles. The molecule has 5 rings (SSSR count). The van der Waals surface area contributed by atoms with Gasteiger partial charge < -0.3 is 0 Å². The summed E-state index contributed by atoms with van der Waals surface area (Å²) in [5.41, 5.74) is 3.17. The maximum absolute atomic E-state index is 13.1. The summed E-state index contributed by atoms with van der Waals surface area (Å²) in [5.74, 6) is -0.336. The van der Waals surface area contributed by atoms with E-state index in [4.69, 9.17) is 4.98 Å². The SMILES string of the molecule is CN(C1CCCCC1)S(=O)(=O)c1ccc(C(=O)Nc2nc(-c3ccccc3)c(-c3ccccc3)s2)cc1. The summed E-state index contributed by atoms with van der Waals surface area (Å²) in [4.78, 5) is 18.9. The van der Waals surface area contributed by atoms with Crippen LogP contribution in [0, 0.1) is 0 Å². The number of anilines is 1. The lowest BCUT2D eigenvalue weighted by Gasteiger charge is -2.30. The van der Waals surface area contributed by atoms with Crippen LogP contribution in [0.5, 0.6) is 0 Å². The number of sulfonamides is 1. The van der Waals surface area contributed by atoms with Gasteiger partial charge in [-0.25, -0.2) is 13.4 Å². The Balaban J connectivity index is 1.36. The highest BCUT2D eigenvalue weighted by Crippen LogP contribution is 2.39. The second-order valence-corrected chi connectivity index (χ2v) is 12.2. The minimum atomic E-state index is -3.61. The van der Waals surface area contributed by atoms with Crippen LogP contribution in [-0.4, -0.2) is 36.7 Å². The zero-order chi connectivity index (χ0) is 25.8. The first-order chi connectivity index (χ1) is 17.9. The summed E-state index contributed by atoms with van der Waals surface area (Å²) in [6, 6.07) is 26.0. The number of thiazole rings is 1. The maximum atomic E-state index is 13.1. The molecule has 3 aromatic carbocycles. The van der Waals surface area contributed by atoms with Gasteiger partial charge in [-0.1, -0.05) is 91.3 Å². The molecular formula is C29H29N3O3S2. The quantitative estimate of drug-likeness (QED) is 0.288. The lowest BCUT2D eigenvalue weighted by molar-refractivity contribution is 0.102. The zero-order valence-corrected chi connectivity index (χ0v) is 22.3. The predicted octanol–water partition coefficient (Wildman–Crippen LogP) is 6.68. The van der Waals surface area contributed by atoms with Crippen LogP contribution in [0.1, 0.15) is 42.5 Å². The Morgan fingerprint density at radius 2 is 1.46 bits per heavy atom. The first kappa shape index (κ1) is 25.3. The number of carbonyl (C=O) groups is 1. The number of carbonyl (C=O) groups excluding carboxylic acids is 1. The van der Waals surface area contributed by atoms with Gasteiger partial charge in [-0.3, -0.25) is 10.1 Å². The molecule has 1 N–H and O–H groups in total. The van der Waals surface area contributed by atoms with Crippen LogP contribution in [0.15, 0.2) is 89.8 Å². The van der Waals surface area contributed by atoms with Gasteiger partial charge in [-0.2, -0.15) is 4.31 Å². The van der Waals surface area contributed by atoms with Crippen molar-refractivity contribution < 1.29 is 13.2 Å². The number of rotatable bonds is 7. The Morgan fingerprint density at radius 3 is 2.08 bits per heavy atom. The van der Waals surface area contributed by atoms with Crippen LogP contribution < -0.4 is 5.32 Å². The molecule has 0 saturated heterocycles. The monoisotopic (exact) mass is 531 g/mol. The van der Waals surface area contributed by atoms with Crippen molar-refractivity contribution >= 4 is 32.4 Å². The van der Waals surface area contributed by atoms with E-state index in [0.717, 1.165) is 53.8 Å². The third-order valence-electron chi connectivity index (χ3n) is 6.81. The van der Waals surface area contributed by atoms with Gasteiger partial charge in [0.1, 0.15) is 0 Å². The van der Waals surface area contributed by atoms with Gasteiger partial charge in [0.15, 0.2) is 5.13 Å². The molecular weight excluding hydrogens is 502 g/mol. The summed E-state index contributed by atoms with van der Waals surface area (Å²) in [7, 11) is -1.96. The van der Waals surface area contributed by atoms with Gasteiger partial charge in [-0.15, -0.1) is 0 Å². The van der Waals surface area contributed by atoms with Gasteiger partial charge in [0, 0.05) is 24.2 Å². The molecule has 1 fully saturated rings. The molecule has 0 aliphatic heterocycles. The fourth-order valence-electron chi connectivity index (χ4n) is 4.71. The highest BCUT2D eigenvalue weighted by molar-refractivity contribution is 7.89. The minimum absolute atomic E-state index is 0.0317. The normalized spacial score (nSPS) is 14.5. The number of benzene rings is 3. The van der Waals surface area contributed by atoms with Crippen LogP contribution in [0.3, 0.4) is 0 Å². The van der Waals surface area contributed by atoms with E-state index in [2.05, 4.69) is 5.32 Å². The van der Waals surface area contributed by atoms with Crippen LogP contribution in [-0.2, 0) is 10.0 Å². The Morgan fingerprint density at radius 1 is 0.865 bits per heavy atom. The summed E-state index contributed by atoms with van der Waals surface area (Å²) >= 11 is 1.41. The Labute approximate surface area is 222 Å². The fourth-order valence-corrected chi connectivity index (χ4v) is 7.11. The number of amides is 1. The molecule has 1 aliphatic carbocycles. The second-order valence-electron chi connectivity index (χ2n) is 9.22. The number of aromatic nitrogens is 1. The predicted molar refractivity (Wildman–Crippen MR) is 149 cm³/mol. The van der Waals surface area contributed by atoms with Crippen molar-refractivity contribution in [1.82, 2.24) is 9.29 Å². The molecule has 1 heterocycles. The molecule has 1 aliphatic rings. The molecule has 1 saturated carbocycles. The Bertz CT molecular complexity index is 1410. The smallest absolute Gasteiger partial charge is 0.257 e. The number of nitrogens with zero attached hydrogens (tertiary/aromatic N) is 2. The highest BCUT2D eigenvalue weighted by atomic mass is 32.2. The van der Waals surface area contributed by atoms with E-state index in [1.54, 1.807) is 19.2 Å². The third-order valence-corrected chi connectivity index (χ3v) is 9.76. The van der Waals surface area contributed by atoms with Crippen molar-refractivity contribution in [3.05, 3.63) is 90.5 Å². The summed E-state index contributed by atoms with van der Waals surface area (Å²) < 4.78 is 27.8. The first-order valence-corrected chi connectivity index (χ1v) is 14.7. The van der Waals surface area contributed by atoms with Crippen molar-refractivity contribution in [2.75, 3.05) is 12.4 Å². The van der Waals surface area contributed by atoms with E-state index in [1.165, 1.54) is 27.8 Å². The maximum Gasteiger partial charge on any atom is 0.257 e. The molecule has 0 bridgehead atoms. The van der Waals surface area contributed by atoms with Crippen molar-refractivity contribution in [1.29, 1.82) is 0 Å². The second kappa shape index (κ2) is 11.0. The lowest BCUT2D eigenvalue weighted by Crippen LogP contribution is -2.38. The molecule has 37 heavy (non-hydrogen) atoms. The average molecular weight is 532 g/mol. The first-order valence-electron chi connectivity index (χ1n) is 12.4. The molecule has 4 aromatic rings. The largest absolute Gasteiger partial charge is 0.298 e. The number of hydrogen-bond donors (Lipinski definition) is 1. The molecule has 1 amide bonds. The van der Waals surface area contributed by atoms with E-state index in [-0.39, 0.29) is 16.8 Å². The van der Waals surface area contributed by atoms with Crippen LogP contribution in [0.4, 0.5) is 5.13 Å². The average Bonchev–Trinajstić information content (AvgIpc) is 3.38. The molecule has 0 unspecified atom stereocenters. The van der Waals surface area contributed by atoms with Crippen LogP contribution in [0.25, 0.3) is 21.7 Å². The molecule has 190 valence electrons. The Hall–Kier alpha value is -3.33. The van der Waals surface area contributed by atoms with Crippen molar-refractivity contribution in [2.45, 2.75) is 43.0 Å². The van der Waals surface area contributed by atoms with Crippen LogP contribution >= 0.6 is 11.3 Å². The van der Waals surface area contributed by atoms with Crippen molar-refractivity contribution in [3.63, 3.8) is 0 Å². The molecule has 0 atom stereocenters. The van der Waals surface area contributed by atoms with Gasteiger partial charge >= 0.3 is 0 Å². The van der Waals surface area contributed by atoms with Crippen molar-refractivity contribution in [2.24, 2.45) is 0 Å². The third kappa shape index (κ3) is 5.51. The fraction of sp³-hybridized carbons (Fsp3) is 0.241. The standard InChI is InChI=1S/C29H29N3O3S2/c1-32(24-15-9-4-10-16-24)37(34,35)25-19-17-23(18-20-25)28(33)31-29-30-26(21-11-5-2-6-12-21)27(36-29)22-13-7-3-8-14-22/h2-3,5-8,11-14,17-20,24H,4,9-10,15-16H2,1H3,(H,30,31,33). The number of nitrogens with one attached hydrogen (secondary N) is 1. The van der Waals surface area contributed by atoms with Crippen LogP contribution in [0.2, 0.25) is 0 Å². The summed E-state index contributed by atoms with van der Waals surface area (Å²) in [6.07, 6.45) is 5.05. The molecule has 6 nitrogen and oxygen atoms in total. The van der Waals surface area contributed by atoms with E-state index < -0.39 is 10.0 Å². The highest BCUT2D eigenvalue weighted by Gasteiger charge is 2.29. The van der Waals surface area contributed by atoms with E-state index in [0.29, 0.717) is 10.7 Å². The van der Waals surface area contributed by atoms with Gasteiger partial charge in [-0.05, 0) is 42.7 Å². The van der Waals surface area contributed by atoms with Gasteiger partial charge in [0.2, 0.25) is 10.0 Å². The van der Waals surface area contributed by atoms with E-state index in [9.17, 15) is 13.2 Å². The van der Waals surface area contributed by atoms with Gasteiger partial charge in [0.25, 0.3) is 5.91 Å². The lowest BCUT2D eigenvalue weighted by atomic mass is 9.96. The Kier molecular flexibility index (Phi) is 7.50.